The van der Waals surface area contributed by atoms with Gasteiger partial charge in [0.15, 0.2) is 0 Å². The van der Waals surface area contributed by atoms with Gasteiger partial charge in [0.25, 0.3) is 0 Å². The number of benzene rings is 1. The molecular weight excluding hydrogens is 316 g/mol. The summed E-state index contributed by atoms with van der Waals surface area (Å²) in [5.74, 6) is 0.720. The van der Waals surface area contributed by atoms with Crippen molar-refractivity contribution < 1.29 is 9.53 Å². The molecule has 1 aliphatic heterocycles. The van der Waals surface area contributed by atoms with E-state index in [1.807, 2.05) is 19.2 Å². The standard InChI is InChI=1S/C19H20N4O2/c1-14-11-21-8-6-16(14)7-9-22-19(24)23-12-18(13-23)25-17-4-2-15(10-20)3-5-17/h2-6,8,11,18H,7,9,12-13H2,1H3,(H,22,24). The van der Waals surface area contributed by atoms with Gasteiger partial charge in [-0.1, -0.05) is 0 Å². The van der Waals surface area contributed by atoms with E-state index in [4.69, 9.17) is 10.00 Å². The van der Waals surface area contributed by atoms with Gasteiger partial charge in [-0.2, -0.15) is 5.26 Å². The Bertz CT molecular complexity index is 777. The Morgan fingerprint density at radius 1 is 1.36 bits per heavy atom. The van der Waals surface area contributed by atoms with E-state index in [0.29, 0.717) is 25.2 Å². The quantitative estimate of drug-likeness (QED) is 0.908. The van der Waals surface area contributed by atoms with Crippen molar-refractivity contribution in [3.05, 3.63) is 59.4 Å². The van der Waals surface area contributed by atoms with Gasteiger partial charge in [-0.3, -0.25) is 4.98 Å². The second-order valence-electron chi connectivity index (χ2n) is 6.07. The molecular formula is C19H20N4O2. The lowest BCUT2D eigenvalue weighted by molar-refractivity contribution is 0.0445. The summed E-state index contributed by atoms with van der Waals surface area (Å²) in [4.78, 5) is 17.9. The summed E-state index contributed by atoms with van der Waals surface area (Å²) in [6.07, 6.45) is 4.39. The van der Waals surface area contributed by atoms with E-state index in [1.165, 1.54) is 5.56 Å². The molecule has 1 aromatic heterocycles. The highest BCUT2D eigenvalue weighted by atomic mass is 16.5. The molecule has 0 unspecified atom stereocenters. The van der Waals surface area contributed by atoms with Gasteiger partial charge in [0.05, 0.1) is 24.7 Å². The third kappa shape index (κ3) is 4.27. The first kappa shape index (κ1) is 16.8. The van der Waals surface area contributed by atoms with Crippen LogP contribution in [0.15, 0.2) is 42.7 Å². The molecule has 3 rings (SSSR count). The number of rotatable bonds is 5. The van der Waals surface area contributed by atoms with Crippen molar-refractivity contribution in [3.8, 4) is 11.8 Å². The van der Waals surface area contributed by atoms with Crippen molar-refractivity contribution in [2.45, 2.75) is 19.4 Å². The highest BCUT2D eigenvalue weighted by Crippen LogP contribution is 2.18. The zero-order valence-electron chi connectivity index (χ0n) is 14.1. The van der Waals surface area contributed by atoms with Crippen molar-refractivity contribution in [2.75, 3.05) is 19.6 Å². The predicted octanol–water partition coefficient (Wildman–Crippen LogP) is 2.28. The van der Waals surface area contributed by atoms with Crippen molar-refractivity contribution in [1.29, 1.82) is 5.26 Å². The van der Waals surface area contributed by atoms with Gasteiger partial charge < -0.3 is 15.0 Å². The monoisotopic (exact) mass is 336 g/mol. The van der Waals surface area contributed by atoms with Crippen LogP contribution < -0.4 is 10.1 Å². The van der Waals surface area contributed by atoms with Crippen LogP contribution in [0.3, 0.4) is 0 Å². The molecule has 1 aromatic carbocycles. The molecule has 2 heterocycles. The molecule has 2 aromatic rings. The SMILES string of the molecule is Cc1cnccc1CCNC(=O)N1CC(Oc2ccc(C#N)cc2)C1. The van der Waals surface area contributed by atoms with Crippen LogP contribution in [0.5, 0.6) is 5.75 Å². The minimum atomic E-state index is -0.0635. The number of nitrogens with one attached hydrogen (secondary N) is 1. The molecule has 0 aliphatic carbocycles. The molecule has 1 aliphatic rings. The molecule has 6 nitrogen and oxygen atoms in total. The maximum Gasteiger partial charge on any atom is 0.317 e. The van der Waals surface area contributed by atoms with E-state index in [0.717, 1.165) is 17.7 Å². The van der Waals surface area contributed by atoms with Crippen LogP contribution in [0, 0.1) is 18.3 Å². The molecule has 0 spiro atoms. The van der Waals surface area contributed by atoms with Crippen molar-refractivity contribution in [3.63, 3.8) is 0 Å². The molecule has 0 bridgehead atoms. The molecule has 0 atom stereocenters. The molecule has 1 saturated heterocycles. The van der Waals surface area contributed by atoms with Gasteiger partial charge in [-0.25, -0.2) is 4.79 Å². The minimum absolute atomic E-state index is 0.00104. The van der Waals surface area contributed by atoms with Gasteiger partial charge in [0, 0.05) is 18.9 Å². The number of urea groups is 1. The summed E-state index contributed by atoms with van der Waals surface area (Å²) in [6.45, 7) is 3.76. The fraction of sp³-hybridized carbons (Fsp3) is 0.316. The van der Waals surface area contributed by atoms with Crippen LogP contribution in [-0.4, -0.2) is 41.7 Å². The molecule has 0 radical (unpaired) electrons. The Labute approximate surface area is 147 Å². The lowest BCUT2D eigenvalue weighted by Crippen LogP contribution is -2.59. The fourth-order valence-corrected chi connectivity index (χ4v) is 2.68. The highest BCUT2D eigenvalue weighted by Gasteiger charge is 2.32. The summed E-state index contributed by atoms with van der Waals surface area (Å²) >= 11 is 0. The smallest absolute Gasteiger partial charge is 0.317 e. The molecule has 1 fully saturated rings. The topological polar surface area (TPSA) is 78.2 Å². The number of carbonyl (C=O) groups is 1. The number of carbonyl (C=O) groups excluding carboxylic acids is 1. The van der Waals surface area contributed by atoms with Crippen molar-refractivity contribution in [1.82, 2.24) is 15.2 Å². The Hall–Kier alpha value is -3.07. The van der Waals surface area contributed by atoms with Crippen LogP contribution in [0.1, 0.15) is 16.7 Å². The lowest BCUT2D eigenvalue weighted by atomic mass is 10.1. The van der Waals surface area contributed by atoms with Gasteiger partial charge in [0.2, 0.25) is 0 Å². The van der Waals surface area contributed by atoms with Crippen LogP contribution >= 0.6 is 0 Å². The Balaban J connectivity index is 1.38. The number of nitrogens with zero attached hydrogens (tertiary/aromatic N) is 3. The molecule has 128 valence electrons. The van der Waals surface area contributed by atoms with E-state index in [2.05, 4.69) is 16.4 Å². The summed E-state index contributed by atoms with van der Waals surface area (Å²) in [6, 6.07) is 11.0. The first-order chi connectivity index (χ1) is 12.2. The third-order valence-electron chi connectivity index (χ3n) is 4.23. The van der Waals surface area contributed by atoms with E-state index >= 15 is 0 Å². The number of amides is 2. The van der Waals surface area contributed by atoms with Gasteiger partial charge >= 0.3 is 6.03 Å². The fourth-order valence-electron chi connectivity index (χ4n) is 2.68. The zero-order chi connectivity index (χ0) is 17.6. The number of nitriles is 1. The van der Waals surface area contributed by atoms with Gasteiger partial charge in [-0.15, -0.1) is 0 Å². The van der Waals surface area contributed by atoms with Crippen LogP contribution in [0.25, 0.3) is 0 Å². The normalized spacial score (nSPS) is 13.7. The van der Waals surface area contributed by atoms with Crippen LogP contribution in [0.2, 0.25) is 0 Å². The summed E-state index contributed by atoms with van der Waals surface area (Å²) in [7, 11) is 0. The first-order valence-corrected chi connectivity index (χ1v) is 8.25. The van der Waals surface area contributed by atoms with E-state index < -0.39 is 0 Å². The Kier molecular flexibility index (Phi) is 5.14. The van der Waals surface area contributed by atoms with E-state index in [-0.39, 0.29) is 12.1 Å². The molecule has 2 amide bonds. The number of pyridine rings is 1. The average molecular weight is 336 g/mol. The predicted molar refractivity (Wildman–Crippen MR) is 93.2 cm³/mol. The molecule has 6 heteroatoms. The molecule has 25 heavy (non-hydrogen) atoms. The maximum absolute atomic E-state index is 12.1. The van der Waals surface area contributed by atoms with Crippen LogP contribution in [-0.2, 0) is 6.42 Å². The molecule has 0 saturated carbocycles. The number of hydrogen-bond donors (Lipinski definition) is 1. The number of hydrogen-bond acceptors (Lipinski definition) is 4. The van der Waals surface area contributed by atoms with Crippen molar-refractivity contribution in [2.24, 2.45) is 0 Å². The summed E-state index contributed by atoms with van der Waals surface area (Å²) in [5, 5.41) is 11.7. The minimum Gasteiger partial charge on any atom is -0.487 e. The summed E-state index contributed by atoms with van der Waals surface area (Å²) in [5.41, 5.74) is 2.93. The Morgan fingerprint density at radius 3 is 2.80 bits per heavy atom. The third-order valence-corrected chi connectivity index (χ3v) is 4.23. The van der Waals surface area contributed by atoms with Gasteiger partial charge in [-0.05, 0) is 54.8 Å². The highest BCUT2D eigenvalue weighted by molar-refractivity contribution is 5.75. The maximum atomic E-state index is 12.1. The molecule has 1 N–H and O–H groups in total. The number of likely N-dealkylation sites (tertiary alicyclic amines) is 1. The van der Waals surface area contributed by atoms with Crippen LogP contribution in [0.4, 0.5) is 4.79 Å². The number of aromatic nitrogens is 1. The number of aryl methyl sites for hydroxylation is 1. The number of ether oxygens (including phenoxy) is 1. The van der Waals surface area contributed by atoms with Crippen molar-refractivity contribution >= 4 is 6.03 Å². The second-order valence-corrected chi connectivity index (χ2v) is 6.07. The lowest BCUT2D eigenvalue weighted by Gasteiger charge is -2.38. The van der Waals surface area contributed by atoms with Gasteiger partial charge in [0.1, 0.15) is 11.9 Å². The average Bonchev–Trinajstić information content (AvgIpc) is 2.60. The van der Waals surface area contributed by atoms with E-state index in [1.54, 1.807) is 35.4 Å². The zero-order valence-corrected chi connectivity index (χ0v) is 14.1. The largest absolute Gasteiger partial charge is 0.487 e. The first-order valence-electron chi connectivity index (χ1n) is 8.25. The second kappa shape index (κ2) is 7.67. The Morgan fingerprint density at radius 2 is 2.12 bits per heavy atom. The van der Waals surface area contributed by atoms with E-state index in [9.17, 15) is 4.79 Å². The summed E-state index contributed by atoms with van der Waals surface area (Å²) < 4.78 is 5.78.